The first-order valence-corrected chi connectivity index (χ1v) is 7.83. The van der Waals surface area contributed by atoms with E-state index in [9.17, 15) is 4.79 Å². The number of hydrogen-bond donors (Lipinski definition) is 0. The number of Topliss-reactive ketones (excluding diaryl/α,β-unsaturated/α-hetero) is 1. The second-order valence-corrected chi connectivity index (χ2v) is 7.10. The Labute approximate surface area is 120 Å². The van der Waals surface area contributed by atoms with Gasteiger partial charge in [0, 0.05) is 35.7 Å². The molecule has 0 fully saturated rings. The summed E-state index contributed by atoms with van der Waals surface area (Å²) in [7, 11) is 0. The van der Waals surface area contributed by atoms with Gasteiger partial charge in [0.15, 0.2) is 5.78 Å². The van der Waals surface area contributed by atoms with E-state index in [0.717, 1.165) is 30.0 Å². The molecule has 1 aromatic rings. The average Bonchev–Trinajstić information content (AvgIpc) is 2.61. The van der Waals surface area contributed by atoms with Gasteiger partial charge in [-0.3, -0.25) is 4.79 Å². The van der Waals surface area contributed by atoms with Gasteiger partial charge in [0.25, 0.3) is 0 Å². The summed E-state index contributed by atoms with van der Waals surface area (Å²) in [6.45, 7) is 7.38. The predicted molar refractivity (Wildman–Crippen MR) is 81.8 cm³/mol. The molecular formula is C16H21NOS. The van der Waals surface area contributed by atoms with E-state index < -0.39 is 0 Å². The Morgan fingerprint density at radius 3 is 2.89 bits per heavy atom. The molecule has 2 nitrogen and oxygen atoms in total. The summed E-state index contributed by atoms with van der Waals surface area (Å²) in [5, 5.41) is 0. The van der Waals surface area contributed by atoms with E-state index in [4.69, 9.17) is 6.42 Å². The molecule has 1 aliphatic rings. The Hall–Kier alpha value is -1.14. The van der Waals surface area contributed by atoms with Crippen molar-refractivity contribution >= 4 is 17.5 Å². The van der Waals surface area contributed by atoms with Crippen molar-refractivity contribution in [1.82, 2.24) is 4.57 Å². The lowest BCUT2D eigenvalue weighted by atomic mass is 9.76. The highest BCUT2D eigenvalue weighted by Crippen LogP contribution is 2.36. The van der Waals surface area contributed by atoms with E-state index in [1.807, 2.05) is 0 Å². The highest BCUT2D eigenvalue weighted by molar-refractivity contribution is 7.99. The standard InChI is InChI=1S/C16H21NOS/c1-5-7-19-8-6-17-12(2)9-13-14(17)10-16(3,4)11-15(13)18/h1,9H,6-8,10-11H2,2-4H3. The zero-order valence-electron chi connectivity index (χ0n) is 12.0. The lowest BCUT2D eigenvalue weighted by Gasteiger charge is -2.29. The molecule has 0 spiro atoms. The quantitative estimate of drug-likeness (QED) is 0.621. The van der Waals surface area contributed by atoms with Gasteiger partial charge in [-0.05, 0) is 24.8 Å². The van der Waals surface area contributed by atoms with Crippen LogP contribution in [0.1, 0.15) is 42.0 Å². The summed E-state index contributed by atoms with van der Waals surface area (Å²) in [6.07, 6.45) is 6.91. The number of carbonyl (C=O) groups excluding carboxylic acids is 1. The molecule has 0 saturated heterocycles. The normalized spacial score (nSPS) is 17.1. The van der Waals surface area contributed by atoms with E-state index in [2.05, 4.69) is 37.3 Å². The largest absolute Gasteiger partial charge is 0.347 e. The maximum atomic E-state index is 12.2. The van der Waals surface area contributed by atoms with E-state index in [1.165, 1.54) is 11.4 Å². The average molecular weight is 275 g/mol. The Morgan fingerprint density at radius 1 is 1.47 bits per heavy atom. The molecule has 0 aromatic carbocycles. The van der Waals surface area contributed by atoms with Crippen LogP contribution in [0.25, 0.3) is 0 Å². The molecule has 102 valence electrons. The topological polar surface area (TPSA) is 22.0 Å². The van der Waals surface area contributed by atoms with E-state index in [0.29, 0.717) is 12.2 Å². The molecule has 0 aliphatic heterocycles. The SMILES string of the molecule is C#CCSCCn1c(C)cc2c1CC(C)(C)CC2=O. The Bertz CT molecular complexity index is 534. The molecule has 0 radical (unpaired) electrons. The summed E-state index contributed by atoms with van der Waals surface area (Å²) < 4.78 is 2.30. The number of thioether (sulfide) groups is 1. The number of nitrogens with zero attached hydrogens (tertiary/aromatic N) is 1. The van der Waals surface area contributed by atoms with Gasteiger partial charge >= 0.3 is 0 Å². The molecule has 1 aliphatic carbocycles. The molecule has 0 atom stereocenters. The number of ketones is 1. The number of aromatic nitrogens is 1. The van der Waals surface area contributed by atoms with Crippen molar-refractivity contribution in [3.05, 3.63) is 23.0 Å². The second kappa shape index (κ2) is 5.46. The van der Waals surface area contributed by atoms with Crippen molar-refractivity contribution in [1.29, 1.82) is 0 Å². The van der Waals surface area contributed by atoms with Gasteiger partial charge in [0.1, 0.15) is 0 Å². The Kier molecular flexibility index (Phi) is 4.10. The second-order valence-electron chi connectivity index (χ2n) is 6.00. The molecule has 1 heterocycles. The van der Waals surface area contributed by atoms with E-state index in [-0.39, 0.29) is 5.41 Å². The minimum absolute atomic E-state index is 0.0819. The van der Waals surface area contributed by atoms with E-state index >= 15 is 0 Å². The maximum absolute atomic E-state index is 12.2. The smallest absolute Gasteiger partial charge is 0.165 e. The monoisotopic (exact) mass is 275 g/mol. The van der Waals surface area contributed by atoms with Crippen molar-refractivity contribution in [2.45, 2.75) is 40.2 Å². The fourth-order valence-electron chi connectivity index (χ4n) is 2.80. The van der Waals surface area contributed by atoms with Gasteiger partial charge in [-0.1, -0.05) is 19.8 Å². The van der Waals surface area contributed by atoms with Crippen LogP contribution in [0.2, 0.25) is 0 Å². The van der Waals surface area contributed by atoms with Gasteiger partial charge in [0.05, 0.1) is 5.75 Å². The van der Waals surface area contributed by atoms with Crippen LogP contribution in [0.5, 0.6) is 0 Å². The molecule has 3 heteroatoms. The molecule has 1 aromatic heterocycles. The number of aryl methyl sites for hydroxylation is 1. The van der Waals surface area contributed by atoms with Crippen LogP contribution in [-0.4, -0.2) is 21.9 Å². The summed E-state index contributed by atoms with van der Waals surface area (Å²) >= 11 is 1.77. The number of rotatable bonds is 4. The summed E-state index contributed by atoms with van der Waals surface area (Å²) in [5.41, 5.74) is 3.44. The van der Waals surface area contributed by atoms with Crippen LogP contribution in [-0.2, 0) is 13.0 Å². The van der Waals surface area contributed by atoms with Crippen molar-refractivity contribution in [2.75, 3.05) is 11.5 Å². The highest BCUT2D eigenvalue weighted by atomic mass is 32.2. The van der Waals surface area contributed by atoms with Gasteiger partial charge in [-0.2, -0.15) is 0 Å². The first-order chi connectivity index (χ1) is 8.94. The van der Waals surface area contributed by atoms with Gasteiger partial charge in [-0.15, -0.1) is 18.2 Å². The first-order valence-electron chi connectivity index (χ1n) is 6.68. The minimum atomic E-state index is 0.0819. The summed E-state index contributed by atoms with van der Waals surface area (Å²) in [6, 6.07) is 2.05. The zero-order chi connectivity index (χ0) is 14.0. The number of fused-ring (bicyclic) bond motifs is 1. The molecule has 0 N–H and O–H groups in total. The number of hydrogen-bond acceptors (Lipinski definition) is 2. The fraction of sp³-hybridized carbons (Fsp3) is 0.562. The van der Waals surface area contributed by atoms with Crippen LogP contribution in [0.15, 0.2) is 6.07 Å². The number of terminal acetylenes is 1. The third-order valence-corrected chi connectivity index (χ3v) is 4.49. The predicted octanol–water partition coefficient (Wildman–Crippen LogP) is 3.32. The van der Waals surface area contributed by atoms with Gasteiger partial charge in [-0.25, -0.2) is 0 Å². The van der Waals surface area contributed by atoms with Crippen LogP contribution in [0, 0.1) is 24.7 Å². The molecule has 0 amide bonds. The minimum Gasteiger partial charge on any atom is -0.347 e. The third kappa shape index (κ3) is 3.06. The molecule has 0 unspecified atom stereocenters. The lowest BCUT2D eigenvalue weighted by Crippen LogP contribution is -2.28. The first kappa shape index (κ1) is 14.3. The van der Waals surface area contributed by atoms with Gasteiger partial charge < -0.3 is 4.57 Å². The summed E-state index contributed by atoms with van der Waals surface area (Å²) in [5.74, 6) is 4.70. The highest BCUT2D eigenvalue weighted by Gasteiger charge is 2.33. The van der Waals surface area contributed by atoms with Crippen molar-refractivity contribution in [3.63, 3.8) is 0 Å². The zero-order valence-corrected chi connectivity index (χ0v) is 12.8. The van der Waals surface area contributed by atoms with Crippen LogP contribution in [0.3, 0.4) is 0 Å². The molecule has 2 rings (SSSR count). The Morgan fingerprint density at radius 2 is 2.21 bits per heavy atom. The molecule has 0 bridgehead atoms. The molecular weight excluding hydrogens is 254 g/mol. The number of carbonyl (C=O) groups is 1. The lowest BCUT2D eigenvalue weighted by molar-refractivity contribution is 0.0910. The van der Waals surface area contributed by atoms with Crippen molar-refractivity contribution in [3.8, 4) is 12.3 Å². The van der Waals surface area contributed by atoms with E-state index in [1.54, 1.807) is 11.8 Å². The Balaban J connectivity index is 2.22. The van der Waals surface area contributed by atoms with Crippen LogP contribution < -0.4 is 0 Å². The third-order valence-electron chi connectivity index (χ3n) is 3.65. The van der Waals surface area contributed by atoms with Crippen molar-refractivity contribution < 1.29 is 4.79 Å². The summed E-state index contributed by atoms with van der Waals surface area (Å²) in [4.78, 5) is 12.2. The van der Waals surface area contributed by atoms with Crippen LogP contribution in [0.4, 0.5) is 0 Å². The molecule has 0 saturated carbocycles. The van der Waals surface area contributed by atoms with Gasteiger partial charge in [0.2, 0.25) is 0 Å². The fourth-order valence-corrected chi connectivity index (χ4v) is 3.38. The molecule has 19 heavy (non-hydrogen) atoms. The van der Waals surface area contributed by atoms with Crippen molar-refractivity contribution in [2.24, 2.45) is 5.41 Å². The van der Waals surface area contributed by atoms with Crippen LogP contribution >= 0.6 is 11.8 Å². The maximum Gasteiger partial charge on any atom is 0.165 e.